The molecule has 1 aromatic heterocycles. The summed E-state index contributed by atoms with van der Waals surface area (Å²) in [5.41, 5.74) is 2.65. The van der Waals surface area contributed by atoms with E-state index < -0.39 is 0 Å². The van der Waals surface area contributed by atoms with Crippen molar-refractivity contribution >= 4 is 23.2 Å². The summed E-state index contributed by atoms with van der Waals surface area (Å²) in [5, 5.41) is 0.955. The van der Waals surface area contributed by atoms with Gasteiger partial charge in [-0.3, -0.25) is 14.5 Å². The first kappa shape index (κ1) is 19.5. The second-order valence-corrected chi connectivity index (χ2v) is 8.24. The van der Waals surface area contributed by atoms with E-state index in [4.69, 9.17) is 0 Å². The molecule has 0 spiro atoms. The first-order valence-electron chi connectivity index (χ1n) is 9.11. The molecule has 0 radical (unpaired) electrons. The van der Waals surface area contributed by atoms with E-state index in [1.807, 2.05) is 43.0 Å². The Bertz CT molecular complexity index is 838. The molecule has 6 nitrogen and oxygen atoms in total. The van der Waals surface area contributed by atoms with Crippen LogP contribution in [0.1, 0.15) is 36.3 Å². The van der Waals surface area contributed by atoms with E-state index in [0.29, 0.717) is 18.0 Å². The normalized spacial score (nSPS) is 15.0. The minimum Gasteiger partial charge on any atom is -0.344 e. The molecule has 1 aliphatic heterocycles. The Balaban J connectivity index is 1.58. The third-order valence-electron chi connectivity index (χ3n) is 4.72. The van der Waals surface area contributed by atoms with Crippen molar-refractivity contribution in [1.82, 2.24) is 19.7 Å². The van der Waals surface area contributed by atoms with Crippen molar-refractivity contribution in [2.24, 2.45) is 0 Å². The number of hydrogen-bond donors (Lipinski definition) is 0. The molecule has 1 aliphatic rings. The maximum atomic E-state index is 12.7. The molecule has 27 heavy (non-hydrogen) atoms. The molecule has 0 N–H and O–H groups in total. The fourth-order valence-electron chi connectivity index (χ4n) is 3.18. The predicted octanol–water partition coefficient (Wildman–Crippen LogP) is 2.42. The van der Waals surface area contributed by atoms with E-state index in [2.05, 4.69) is 9.88 Å². The van der Waals surface area contributed by atoms with Crippen LogP contribution in [0.5, 0.6) is 0 Å². The number of carbonyl (C=O) groups excluding carboxylic acids is 2. The Kier molecular flexibility index (Phi) is 5.92. The molecule has 1 fully saturated rings. The smallest absolute Gasteiger partial charge is 0.265 e. The summed E-state index contributed by atoms with van der Waals surface area (Å²) in [5.74, 6) is 0.104. The molecule has 0 bridgehead atoms. The minimum absolute atomic E-state index is 0.00446. The van der Waals surface area contributed by atoms with Gasteiger partial charge in [0.15, 0.2) is 0 Å². The lowest BCUT2D eigenvalue weighted by Gasteiger charge is -2.34. The lowest BCUT2D eigenvalue weighted by atomic mass is 10.1. The summed E-state index contributed by atoms with van der Waals surface area (Å²) in [4.78, 5) is 35.9. The minimum atomic E-state index is 0.00446. The third-order valence-corrected chi connectivity index (χ3v) is 5.85. The maximum Gasteiger partial charge on any atom is 0.265 e. The highest BCUT2D eigenvalue weighted by Gasteiger charge is 2.24. The Morgan fingerprint density at radius 3 is 2.48 bits per heavy atom. The van der Waals surface area contributed by atoms with Crippen LogP contribution in [0.3, 0.4) is 0 Å². The van der Waals surface area contributed by atoms with Crippen molar-refractivity contribution < 1.29 is 9.59 Å². The van der Waals surface area contributed by atoms with Gasteiger partial charge in [-0.05, 0) is 26.0 Å². The highest BCUT2D eigenvalue weighted by atomic mass is 32.1. The number of nitrogens with zero attached hydrogens (tertiary/aromatic N) is 4. The molecule has 0 atom stereocenters. The van der Waals surface area contributed by atoms with Crippen LogP contribution in [-0.4, -0.2) is 71.8 Å². The number of thiazole rings is 1. The lowest BCUT2D eigenvalue weighted by molar-refractivity contribution is 0.0628. The summed E-state index contributed by atoms with van der Waals surface area (Å²) in [6.07, 6.45) is 0. The predicted molar refractivity (Wildman–Crippen MR) is 107 cm³/mol. The number of rotatable bonds is 4. The quantitative estimate of drug-likeness (QED) is 0.810. The molecule has 0 saturated carbocycles. The number of aryl methyl sites for hydroxylation is 2. The zero-order valence-electron chi connectivity index (χ0n) is 16.4. The van der Waals surface area contributed by atoms with Crippen molar-refractivity contribution in [3.8, 4) is 0 Å². The van der Waals surface area contributed by atoms with E-state index in [9.17, 15) is 9.59 Å². The molecule has 2 heterocycles. The summed E-state index contributed by atoms with van der Waals surface area (Å²) in [6.45, 7) is 7.65. The second-order valence-electron chi connectivity index (χ2n) is 7.16. The van der Waals surface area contributed by atoms with Crippen LogP contribution in [-0.2, 0) is 6.54 Å². The zero-order chi connectivity index (χ0) is 19.6. The molecular weight excluding hydrogens is 360 g/mol. The molecule has 1 saturated heterocycles. The molecule has 2 amide bonds. The van der Waals surface area contributed by atoms with Crippen LogP contribution < -0.4 is 0 Å². The van der Waals surface area contributed by atoms with Crippen LogP contribution in [0.25, 0.3) is 0 Å². The van der Waals surface area contributed by atoms with Crippen LogP contribution in [0.2, 0.25) is 0 Å². The molecule has 0 aliphatic carbocycles. The average Bonchev–Trinajstić information content (AvgIpc) is 3.01. The average molecular weight is 387 g/mol. The van der Waals surface area contributed by atoms with Gasteiger partial charge < -0.3 is 9.80 Å². The summed E-state index contributed by atoms with van der Waals surface area (Å²) >= 11 is 1.47. The van der Waals surface area contributed by atoms with E-state index in [0.717, 1.165) is 41.5 Å². The standard InChI is InChI=1S/C20H26N4O2S/c1-14-6-5-7-16(12-14)19(25)24-10-8-23(9-11-24)13-17-21-15(2)18(27-17)20(26)22(3)4/h5-7,12H,8-11,13H2,1-4H3. The Morgan fingerprint density at radius 2 is 1.85 bits per heavy atom. The third kappa shape index (κ3) is 4.54. The van der Waals surface area contributed by atoms with Crippen molar-refractivity contribution in [1.29, 1.82) is 0 Å². The van der Waals surface area contributed by atoms with Crippen molar-refractivity contribution in [2.75, 3.05) is 40.3 Å². The van der Waals surface area contributed by atoms with E-state index in [1.54, 1.807) is 19.0 Å². The molecule has 2 aromatic rings. The van der Waals surface area contributed by atoms with E-state index in [-0.39, 0.29) is 11.8 Å². The van der Waals surface area contributed by atoms with Gasteiger partial charge in [-0.1, -0.05) is 17.7 Å². The van der Waals surface area contributed by atoms with Gasteiger partial charge in [0.05, 0.1) is 12.2 Å². The number of amides is 2. The molecule has 3 rings (SSSR count). The van der Waals surface area contributed by atoms with Gasteiger partial charge in [0.25, 0.3) is 11.8 Å². The first-order chi connectivity index (χ1) is 12.8. The summed E-state index contributed by atoms with van der Waals surface area (Å²) < 4.78 is 0. The van der Waals surface area contributed by atoms with E-state index in [1.165, 1.54) is 11.3 Å². The molecular formula is C20H26N4O2S. The highest BCUT2D eigenvalue weighted by molar-refractivity contribution is 7.13. The Hall–Kier alpha value is -2.25. The van der Waals surface area contributed by atoms with Crippen molar-refractivity contribution in [2.45, 2.75) is 20.4 Å². The molecule has 7 heteroatoms. The maximum absolute atomic E-state index is 12.7. The fraction of sp³-hybridized carbons (Fsp3) is 0.450. The van der Waals surface area contributed by atoms with Crippen LogP contribution in [0, 0.1) is 13.8 Å². The Labute approximate surface area is 164 Å². The monoisotopic (exact) mass is 386 g/mol. The van der Waals surface area contributed by atoms with Crippen molar-refractivity contribution in [3.63, 3.8) is 0 Å². The van der Waals surface area contributed by atoms with Gasteiger partial charge in [0, 0.05) is 45.8 Å². The number of carbonyl (C=O) groups is 2. The van der Waals surface area contributed by atoms with Crippen LogP contribution in [0.4, 0.5) is 0 Å². The number of hydrogen-bond acceptors (Lipinski definition) is 5. The fourth-order valence-corrected chi connectivity index (χ4v) is 4.31. The second kappa shape index (κ2) is 8.19. The van der Waals surface area contributed by atoms with Gasteiger partial charge in [0.1, 0.15) is 9.88 Å². The summed E-state index contributed by atoms with van der Waals surface area (Å²) in [6, 6.07) is 7.75. The summed E-state index contributed by atoms with van der Waals surface area (Å²) in [7, 11) is 3.51. The number of aromatic nitrogens is 1. The van der Waals surface area contributed by atoms with Crippen LogP contribution >= 0.6 is 11.3 Å². The van der Waals surface area contributed by atoms with E-state index >= 15 is 0 Å². The number of piperazine rings is 1. The molecule has 1 aromatic carbocycles. The molecule has 0 unspecified atom stereocenters. The zero-order valence-corrected chi connectivity index (χ0v) is 17.2. The SMILES string of the molecule is Cc1cccc(C(=O)N2CCN(Cc3nc(C)c(C(=O)N(C)C)s3)CC2)c1. The van der Waals surface area contributed by atoms with Gasteiger partial charge in [-0.15, -0.1) is 11.3 Å². The lowest BCUT2D eigenvalue weighted by Crippen LogP contribution is -2.48. The van der Waals surface area contributed by atoms with Gasteiger partial charge >= 0.3 is 0 Å². The topological polar surface area (TPSA) is 56.8 Å². The highest BCUT2D eigenvalue weighted by Crippen LogP contribution is 2.21. The van der Waals surface area contributed by atoms with Gasteiger partial charge in [-0.2, -0.15) is 0 Å². The Morgan fingerprint density at radius 1 is 1.15 bits per heavy atom. The first-order valence-corrected chi connectivity index (χ1v) is 9.93. The van der Waals surface area contributed by atoms with Gasteiger partial charge in [0.2, 0.25) is 0 Å². The molecule has 144 valence electrons. The van der Waals surface area contributed by atoms with Crippen molar-refractivity contribution in [3.05, 3.63) is 51.0 Å². The van der Waals surface area contributed by atoms with Gasteiger partial charge in [-0.25, -0.2) is 4.98 Å². The van der Waals surface area contributed by atoms with Crippen LogP contribution in [0.15, 0.2) is 24.3 Å². The number of benzene rings is 1. The largest absolute Gasteiger partial charge is 0.344 e.